The summed E-state index contributed by atoms with van der Waals surface area (Å²) < 4.78 is 40.4. The Bertz CT molecular complexity index is 1420. The highest BCUT2D eigenvalue weighted by Gasteiger charge is 2.26. The molecule has 1 aliphatic heterocycles. The monoisotopic (exact) mass is 521 g/mol. The highest BCUT2D eigenvalue weighted by Crippen LogP contribution is 2.25. The first kappa shape index (κ1) is 26.9. The van der Waals surface area contributed by atoms with E-state index in [-0.39, 0.29) is 30.1 Å². The van der Waals surface area contributed by atoms with Gasteiger partial charge in [0.15, 0.2) is 0 Å². The Morgan fingerprint density at radius 3 is 2.53 bits per heavy atom. The van der Waals surface area contributed by atoms with Gasteiger partial charge in [-0.15, -0.1) is 0 Å². The van der Waals surface area contributed by atoms with Gasteiger partial charge in [-0.25, -0.2) is 18.2 Å². The summed E-state index contributed by atoms with van der Waals surface area (Å²) in [5, 5.41) is 21.5. The molecule has 0 saturated carbocycles. The molecule has 0 spiro atoms. The van der Waals surface area contributed by atoms with Crippen LogP contribution < -0.4 is 10.9 Å². The summed E-state index contributed by atoms with van der Waals surface area (Å²) in [6.07, 6.45) is -1.49. The summed E-state index contributed by atoms with van der Waals surface area (Å²) in [5.41, 5.74) is 1.86. The van der Waals surface area contributed by atoms with Gasteiger partial charge < -0.3 is 15.4 Å². The van der Waals surface area contributed by atoms with E-state index in [4.69, 9.17) is 5.26 Å². The minimum absolute atomic E-state index is 0.0127. The normalized spacial score (nSPS) is 14.4. The lowest BCUT2D eigenvalue weighted by Crippen LogP contribution is -2.45. The first-order valence-electron chi connectivity index (χ1n) is 12.1. The van der Waals surface area contributed by atoms with Gasteiger partial charge in [-0.1, -0.05) is 30.0 Å². The molecule has 1 atom stereocenters. The molecule has 4 rings (SSSR count). The van der Waals surface area contributed by atoms with Gasteiger partial charge in [0.1, 0.15) is 5.82 Å². The van der Waals surface area contributed by atoms with Crippen molar-refractivity contribution in [1.82, 2.24) is 20.2 Å². The minimum atomic E-state index is -2.58. The molecule has 0 bridgehead atoms. The van der Waals surface area contributed by atoms with E-state index in [0.717, 1.165) is 37.1 Å². The third kappa shape index (κ3) is 7.00. The first-order chi connectivity index (χ1) is 18.3. The fourth-order valence-corrected chi connectivity index (χ4v) is 4.28. The molecule has 1 unspecified atom stereocenters. The predicted molar refractivity (Wildman–Crippen MR) is 135 cm³/mol. The van der Waals surface area contributed by atoms with E-state index >= 15 is 4.39 Å². The second-order valence-corrected chi connectivity index (χ2v) is 9.18. The maximum atomic E-state index is 15.1. The molecular formula is C28H26F3N5O2. The highest BCUT2D eigenvalue weighted by atomic mass is 19.3. The van der Waals surface area contributed by atoms with Gasteiger partial charge in [0.25, 0.3) is 12.0 Å². The molecule has 1 saturated heterocycles. The number of alkyl halides is 2. The van der Waals surface area contributed by atoms with Crippen molar-refractivity contribution in [2.45, 2.75) is 25.3 Å². The van der Waals surface area contributed by atoms with Crippen molar-refractivity contribution in [3.63, 3.8) is 0 Å². The third-order valence-electron chi connectivity index (χ3n) is 6.32. The van der Waals surface area contributed by atoms with E-state index in [1.165, 1.54) is 12.1 Å². The Morgan fingerprint density at radius 1 is 1.13 bits per heavy atom. The van der Waals surface area contributed by atoms with Gasteiger partial charge in [-0.05, 0) is 35.4 Å². The smallest absolute Gasteiger partial charge is 0.293 e. The number of hydrogen-bond donors (Lipinski definition) is 3. The molecule has 0 aliphatic carbocycles. The molecule has 0 amide bonds. The van der Waals surface area contributed by atoms with Crippen LogP contribution in [0.5, 0.6) is 5.75 Å². The number of nitrogens with zero attached hydrogens (tertiary/aromatic N) is 3. The zero-order valence-electron chi connectivity index (χ0n) is 20.4. The molecule has 1 aliphatic rings. The van der Waals surface area contributed by atoms with E-state index in [9.17, 15) is 18.7 Å². The summed E-state index contributed by atoms with van der Waals surface area (Å²) in [4.78, 5) is 20.1. The maximum absolute atomic E-state index is 15.1. The third-order valence-corrected chi connectivity index (χ3v) is 6.32. The molecule has 1 fully saturated rings. The average Bonchev–Trinajstić information content (AvgIpc) is 2.87. The highest BCUT2D eigenvalue weighted by molar-refractivity contribution is 5.45. The number of rotatable bonds is 9. The molecule has 196 valence electrons. The average molecular weight is 522 g/mol. The summed E-state index contributed by atoms with van der Waals surface area (Å²) in [6.45, 7) is 1.75. The number of nitrogens with one attached hydrogen (secondary N) is 2. The van der Waals surface area contributed by atoms with E-state index in [1.807, 2.05) is 24.3 Å². The SMILES string of the molecule is N#CC1CN(Cc2ccc(C#Cc3ccc(C(CNCC(F)F)Cc4nc[nH]c(=O)c4O)c(F)c3)cc2)C1. The lowest BCUT2D eigenvalue weighted by atomic mass is 9.92. The van der Waals surface area contributed by atoms with Crippen LogP contribution in [0.2, 0.25) is 0 Å². The second kappa shape index (κ2) is 12.4. The van der Waals surface area contributed by atoms with E-state index in [2.05, 4.69) is 38.1 Å². The summed E-state index contributed by atoms with van der Waals surface area (Å²) in [5.74, 6) is 4.23. The van der Waals surface area contributed by atoms with E-state index < -0.39 is 36.0 Å². The van der Waals surface area contributed by atoms with Gasteiger partial charge in [0.2, 0.25) is 5.75 Å². The van der Waals surface area contributed by atoms with Crippen LogP contribution in [0, 0.1) is 34.9 Å². The molecule has 10 heteroatoms. The molecule has 3 aromatic rings. The van der Waals surface area contributed by atoms with Gasteiger partial charge >= 0.3 is 0 Å². The largest absolute Gasteiger partial charge is 0.502 e. The Morgan fingerprint density at radius 2 is 1.84 bits per heavy atom. The number of halogens is 3. The Hall–Kier alpha value is -4.12. The zero-order valence-corrected chi connectivity index (χ0v) is 20.4. The van der Waals surface area contributed by atoms with Gasteiger partial charge in [0.05, 0.1) is 30.6 Å². The van der Waals surface area contributed by atoms with Crippen molar-refractivity contribution in [2.75, 3.05) is 26.2 Å². The second-order valence-electron chi connectivity index (χ2n) is 9.18. The van der Waals surface area contributed by atoms with Crippen LogP contribution in [-0.4, -0.2) is 52.6 Å². The van der Waals surface area contributed by atoms with Gasteiger partial charge in [-0.2, -0.15) is 5.26 Å². The topological polar surface area (TPSA) is 105 Å². The fraction of sp³-hybridized carbons (Fsp3) is 0.321. The Kier molecular flexibility index (Phi) is 8.80. The molecule has 7 nitrogen and oxygen atoms in total. The first-order valence-corrected chi connectivity index (χ1v) is 12.1. The molecule has 1 aromatic heterocycles. The standard InChI is InChI=1S/C28H26F3N5O2/c29-24-9-19(4-1-18-2-5-20(6-3-18)14-36-15-21(11-32)16-36)7-8-23(24)22(12-33-13-26(30)31)10-25-27(37)28(38)35-17-34-25/h2-3,5-9,17,21-22,26,33,37H,10,12-16H2,(H,34,35,38). The van der Waals surface area contributed by atoms with E-state index in [1.54, 1.807) is 6.07 Å². The van der Waals surface area contributed by atoms with Crippen LogP contribution in [0.3, 0.4) is 0 Å². The predicted octanol–water partition coefficient (Wildman–Crippen LogP) is 3.15. The lowest BCUT2D eigenvalue weighted by molar-refractivity contribution is 0.127. The van der Waals surface area contributed by atoms with Crippen molar-refractivity contribution in [1.29, 1.82) is 5.26 Å². The number of H-pyrrole nitrogens is 1. The van der Waals surface area contributed by atoms with Crippen molar-refractivity contribution < 1.29 is 18.3 Å². The van der Waals surface area contributed by atoms with Crippen molar-refractivity contribution in [3.05, 3.63) is 92.9 Å². The van der Waals surface area contributed by atoms with Crippen molar-refractivity contribution >= 4 is 0 Å². The number of aromatic amines is 1. The maximum Gasteiger partial charge on any atom is 0.293 e. The number of hydrogen-bond acceptors (Lipinski definition) is 6. The summed E-state index contributed by atoms with van der Waals surface area (Å²) in [7, 11) is 0. The number of benzene rings is 2. The number of likely N-dealkylation sites (tertiary alicyclic amines) is 1. The lowest BCUT2D eigenvalue weighted by Gasteiger charge is -2.35. The molecule has 2 aromatic carbocycles. The van der Waals surface area contributed by atoms with Crippen molar-refractivity contribution in [3.8, 4) is 23.7 Å². The molecule has 0 radical (unpaired) electrons. The van der Waals surface area contributed by atoms with Crippen molar-refractivity contribution in [2.24, 2.45) is 5.92 Å². The quantitative estimate of drug-likeness (QED) is 0.374. The zero-order chi connectivity index (χ0) is 27.1. The Labute approximate surface area is 218 Å². The minimum Gasteiger partial charge on any atom is -0.502 e. The van der Waals surface area contributed by atoms with Gasteiger partial charge in [0, 0.05) is 49.6 Å². The fourth-order valence-electron chi connectivity index (χ4n) is 4.28. The van der Waals surface area contributed by atoms with Crippen LogP contribution in [0.25, 0.3) is 0 Å². The van der Waals surface area contributed by atoms with Gasteiger partial charge in [-0.3, -0.25) is 9.69 Å². The van der Waals surface area contributed by atoms with Crippen LogP contribution in [0.4, 0.5) is 13.2 Å². The number of nitriles is 1. The van der Waals surface area contributed by atoms with Crippen LogP contribution >= 0.6 is 0 Å². The Balaban J connectivity index is 1.46. The van der Waals surface area contributed by atoms with Crippen LogP contribution in [0.1, 0.15) is 33.9 Å². The molecule has 38 heavy (non-hydrogen) atoms. The molecular weight excluding hydrogens is 495 g/mol. The van der Waals surface area contributed by atoms with Crippen LogP contribution in [0.15, 0.2) is 53.6 Å². The number of aromatic nitrogens is 2. The number of aromatic hydroxyl groups is 1. The summed E-state index contributed by atoms with van der Waals surface area (Å²) in [6, 6.07) is 14.4. The van der Waals surface area contributed by atoms with E-state index in [0.29, 0.717) is 5.56 Å². The van der Waals surface area contributed by atoms with Crippen LogP contribution in [-0.2, 0) is 13.0 Å². The summed E-state index contributed by atoms with van der Waals surface area (Å²) >= 11 is 0. The molecule has 2 heterocycles. The molecule has 3 N–H and O–H groups in total.